The number of carbonyl (C=O) groups excluding carboxylic acids is 3. The van der Waals surface area contributed by atoms with Gasteiger partial charge in [0.25, 0.3) is 11.1 Å². The summed E-state index contributed by atoms with van der Waals surface area (Å²) in [6, 6.07) is 16.0. The molecule has 6 nitrogen and oxygen atoms in total. The molecule has 3 aromatic carbocycles. The number of nitrogens with one attached hydrogen (secondary N) is 1. The third kappa shape index (κ3) is 6.76. The average Bonchev–Trinajstić information content (AvgIpc) is 3.09. The lowest BCUT2D eigenvalue weighted by atomic mass is 10.1. The molecule has 1 heterocycles. The van der Waals surface area contributed by atoms with E-state index in [0.717, 1.165) is 37.8 Å². The Hall–Kier alpha value is -2.78. The normalized spacial score (nSPS) is 14.4. The van der Waals surface area contributed by atoms with Gasteiger partial charge in [-0.25, -0.2) is 0 Å². The van der Waals surface area contributed by atoms with Crippen molar-refractivity contribution in [3.05, 3.63) is 96.3 Å². The number of nitrogens with zero attached hydrogens (tertiary/aromatic N) is 1. The smallest absolute Gasteiger partial charge is 0.294 e. The molecule has 0 unspecified atom stereocenters. The second kappa shape index (κ2) is 11.7. The van der Waals surface area contributed by atoms with Crippen LogP contribution in [0.3, 0.4) is 0 Å². The first kappa shape index (κ1) is 27.3. The maximum Gasteiger partial charge on any atom is 0.294 e. The van der Waals surface area contributed by atoms with Gasteiger partial charge in [0.2, 0.25) is 5.91 Å². The van der Waals surface area contributed by atoms with E-state index in [-0.39, 0.29) is 18.1 Å². The van der Waals surface area contributed by atoms with Crippen LogP contribution in [-0.4, -0.2) is 28.5 Å². The molecule has 0 spiro atoms. The van der Waals surface area contributed by atoms with Crippen LogP contribution in [0, 0.1) is 13.8 Å². The van der Waals surface area contributed by atoms with Gasteiger partial charge in [-0.1, -0.05) is 51.3 Å². The Labute approximate surface area is 237 Å². The van der Waals surface area contributed by atoms with E-state index in [9.17, 15) is 14.4 Å². The molecule has 0 aliphatic carbocycles. The van der Waals surface area contributed by atoms with Gasteiger partial charge in [-0.2, -0.15) is 0 Å². The minimum Gasteiger partial charge on any atom is -0.488 e. The van der Waals surface area contributed by atoms with Crippen LogP contribution in [0.2, 0.25) is 10.0 Å². The molecule has 0 bridgehead atoms. The molecule has 1 N–H and O–H groups in total. The summed E-state index contributed by atoms with van der Waals surface area (Å²) in [7, 11) is 0. The monoisotopic (exact) mass is 618 g/mol. The van der Waals surface area contributed by atoms with Crippen molar-refractivity contribution >= 4 is 79.7 Å². The molecule has 0 radical (unpaired) electrons. The number of halogens is 3. The number of ether oxygens (including phenoxy) is 1. The lowest BCUT2D eigenvalue weighted by Gasteiger charge is -2.13. The topological polar surface area (TPSA) is 75.7 Å². The molecule has 1 saturated heterocycles. The first-order valence-corrected chi connectivity index (χ1v) is 13.5. The maximum atomic E-state index is 13.0. The molecule has 0 saturated carbocycles. The van der Waals surface area contributed by atoms with E-state index in [0.29, 0.717) is 27.0 Å². The zero-order chi connectivity index (χ0) is 26.7. The van der Waals surface area contributed by atoms with Crippen LogP contribution >= 0.6 is 50.9 Å². The Kier molecular flexibility index (Phi) is 8.64. The second-order valence-electron chi connectivity index (χ2n) is 8.32. The van der Waals surface area contributed by atoms with Crippen molar-refractivity contribution in [2.24, 2.45) is 0 Å². The highest BCUT2D eigenvalue weighted by molar-refractivity contribution is 9.10. The molecule has 1 fully saturated rings. The number of thioether (sulfide) groups is 1. The zero-order valence-electron chi connectivity index (χ0n) is 19.8. The number of rotatable bonds is 7. The molecule has 1 aliphatic rings. The van der Waals surface area contributed by atoms with Gasteiger partial charge >= 0.3 is 0 Å². The number of hydrogen-bond donors (Lipinski definition) is 1. The van der Waals surface area contributed by atoms with Gasteiger partial charge in [0, 0.05) is 31.3 Å². The van der Waals surface area contributed by atoms with E-state index in [1.54, 1.807) is 48.5 Å². The summed E-state index contributed by atoms with van der Waals surface area (Å²) in [5.41, 5.74) is 4.06. The third-order valence-electron chi connectivity index (χ3n) is 5.62. The zero-order valence-corrected chi connectivity index (χ0v) is 23.7. The van der Waals surface area contributed by atoms with Gasteiger partial charge < -0.3 is 10.1 Å². The van der Waals surface area contributed by atoms with Crippen LogP contribution in [0.15, 0.2) is 64.0 Å². The van der Waals surface area contributed by atoms with E-state index in [1.165, 1.54) is 0 Å². The SMILES string of the molecule is Cc1ccc(NC(=O)CN2C(=O)S/C(=C/c3cc(Br)ccc3OCc3ccc(Cl)cc3Cl)C2=O)cc1C. The van der Waals surface area contributed by atoms with E-state index < -0.39 is 17.1 Å². The number of aryl methyl sites for hydroxylation is 2. The van der Waals surface area contributed by atoms with Crippen molar-refractivity contribution < 1.29 is 19.1 Å². The fourth-order valence-corrected chi connectivity index (χ4v) is 5.17. The highest BCUT2D eigenvalue weighted by Crippen LogP contribution is 2.35. The fourth-order valence-electron chi connectivity index (χ4n) is 3.50. The van der Waals surface area contributed by atoms with Gasteiger partial charge in [0.1, 0.15) is 18.9 Å². The number of carbonyl (C=O) groups is 3. The summed E-state index contributed by atoms with van der Waals surface area (Å²) >= 11 is 16.4. The molecule has 3 aromatic rings. The predicted octanol–water partition coefficient (Wildman–Crippen LogP) is 7.63. The predicted molar refractivity (Wildman–Crippen MR) is 152 cm³/mol. The number of hydrogen-bond acceptors (Lipinski definition) is 5. The van der Waals surface area contributed by atoms with Gasteiger partial charge in [0.15, 0.2) is 0 Å². The number of benzene rings is 3. The summed E-state index contributed by atoms with van der Waals surface area (Å²) in [5, 5.41) is 3.23. The van der Waals surface area contributed by atoms with Gasteiger partial charge in [-0.3, -0.25) is 19.3 Å². The molecule has 190 valence electrons. The summed E-state index contributed by atoms with van der Waals surface area (Å²) in [4.78, 5) is 39.3. The fraction of sp³-hybridized carbons (Fsp3) is 0.148. The average molecular weight is 620 g/mol. The third-order valence-corrected chi connectivity index (χ3v) is 7.61. The molecule has 3 amide bonds. The quantitative estimate of drug-likeness (QED) is 0.275. The van der Waals surface area contributed by atoms with Crippen LogP contribution < -0.4 is 10.1 Å². The van der Waals surface area contributed by atoms with Crippen molar-refractivity contribution in [1.82, 2.24) is 4.90 Å². The summed E-state index contributed by atoms with van der Waals surface area (Å²) in [6.07, 6.45) is 1.58. The Morgan fingerprint density at radius 2 is 1.84 bits per heavy atom. The standard InChI is InChI=1S/C27H21BrCl2N2O4S/c1-15-3-7-21(9-16(15)2)31-25(33)13-32-26(34)24(37-27(32)35)11-18-10-19(28)5-8-23(18)36-14-17-4-6-20(29)12-22(17)30/h3-12H,13-14H2,1-2H3,(H,31,33)/b24-11+. The number of imide groups is 1. The Bertz CT molecular complexity index is 1440. The lowest BCUT2D eigenvalue weighted by molar-refractivity contribution is -0.127. The van der Waals surface area contributed by atoms with Crippen molar-refractivity contribution in [3.63, 3.8) is 0 Å². The summed E-state index contributed by atoms with van der Waals surface area (Å²) in [6.45, 7) is 3.71. The molecule has 0 aromatic heterocycles. The lowest BCUT2D eigenvalue weighted by Crippen LogP contribution is -2.36. The van der Waals surface area contributed by atoms with Gasteiger partial charge in [0.05, 0.1) is 4.91 Å². The van der Waals surface area contributed by atoms with Crippen molar-refractivity contribution in [1.29, 1.82) is 0 Å². The van der Waals surface area contributed by atoms with Crippen molar-refractivity contribution in [3.8, 4) is 5.75 Å². The largest absolute Gasteiger partial charge is 0.488 e. The van der Waals surface area contributed by atoms with Crippen LogP contribution in [0.5, 0.6) is 5.75 Å². The van der Waals surface area contributed by atoms with Crippen LogP contribution in [0.25, 0.3) is 6.08 Å². The highest BCUT2D eigenvalue weighted by atomic mass is 79.9. The van der Waals surface area contributed by atoms with Crippen LogP contribution in [0.1, 0.15) is 22.3 Å². The molecule has 10 heteroatoms. The molecule has 0 atom stereocenters. The van der Waals surface area contributed by atoms with Crippen molar-refractivity contribution in [2.75, 3.05) is 11.9 Å². The van der Waals surface area contributed by atoms with Gasteiger partial charge in [-0.05, 0) is 85.3 Å². The Balaban J connectivity index is 1.48. The Morgan fingerprint density at radius 1 is 1.05 bits per heavy atom. The molecule has 1 aliphatic heterocycles. The minimum absolute atomic E-state index is 0.179. The minimum atomic E-state index is -0.545. The summed E-state index contributed by atoms with van der Waals surface area (Å²) < 4.78 is 6.74. The highest BCUT2D eigenvalue weighted by Gasteiger charge is 2.36. The van der Waals surface area contributed by atoms with Crippen molar-refractivity contribution in [2.45, 2.75) is 20.5 Å². The summed E-state index contributed by atoms with van der Waals surface area (Å²) in [5.74, 6) is -0.511. The van der Waals surface area contributed by atoms with Crippen LogP contribution in [0.4, 0.5) is 10.5 Å². The van der Waals surface area contributed by atoms with Crippen LogP contribution in [-0.2, 0) is 16.2 Å². The van der Waals surface area contributed by atoms with E-state index >= 15 is 0 Å². The number of anilines is 1. The first-order chi connectivity index (χ1) is 17.6. The van der Waals surface area contributed by atoms with E-state index in [2.05, 4.69) is 21.2 Å². The second-order valence-corrected chi connectivity index (χ2v) is 11.1. The number of amides is 3. The van der Waals surface area contributed by atoms with E-state index in [4.69, 9.17) is 27.9 Å². The first-order valence-electron chi connectivity index (χ1n) is 11.1. The van der Waals surface area contributed by atoms with Gasteiger partial charge in [-0.15, -0.1) is 0 Å². The molecular formula is C27H21BrCl2N2O4S. The molecular weight excluding hydrogens is 599 g/mol. The Morgan fingerprint density at radius 3 is 2.57 bits per heavy atom. The molecule has 4 rings (SSSR count). The van der Waals surface area contributed by atoms with E-state index in [1.807, 2.05) is 26.0 Å². The molecule has 37 heavy (non-hydrogen) atoms. The maximum absolute atomic E-state index is 13.0.